The first kappa shape index (κ1) is 23.4. The summed E-state index contributed by atoms with van der Waals surface area (Å²) in [5.41, 5.74) is 5.08. The summed E-state index contributed by atoms with van der Waals surface area (Å²) in [4.78, 5) is 16.5. The van der Waals surface area contributed by atoms with Gasteiger partial charge >= 0.3 is 0 Å². The number of piperidine rings is 1. The van der Waals surface area contributed by atoms with Crippen molar-refractivity contribution in [2.24, 2.45) is 5.92 Å². The molecule has 2 aliphatic rings. The van der Waals surface area contributed by atoms with Crippen LogP contribution in [-0.2, 0) is 17.6 Å². The van der Waals surface area contributed by atoms with Crippen molar-refractivity contribution in [3.05, 3.63) is 57.6 Å². The lowest BCUT2D eigenvalue weighted by molar-refractivity contribution is -0.122. The molecule has 30 heavy (non-hydrogen) atoms. The maximum Gasteiger partial charge on any atom is 0.133 e. The van der Waals surface area contributed by atoms with Crippen LogP contribution in [0.3, 0.4) is 0 Å². The number of hydrogen-bond acceptors (Lipinski definition) is 3. The molecule has 0 atom stereocenters. The monoisotopic (exact) mass is 466 g/mol. The van der Waals surface area contributed by atoms with Crippen LogP contribution in [0.4, 0.5) is 11.4 Å². The van der Waals surface area contributed by atoms with Gasteiger partial charge in [-0.2, -0.15) is 0 Å². The predicted octanol–water partition coefficient (Wildman–Crippen LogP) is 6.34. The number of halogens is 3. The number of carbonyl (C=O) groups is 1. The molecule has 1 fully saturated rings. The van der Waals surface area contributed by atoms with Crippen LogP contribution < -0.4 is 4.90 Å². The summed E-state index contributed by atoms with van der Waals surface area (Å²) in [6.45, 7) is 5.75. The number of rotatable bonds is 5. The molecule has 2 aromatic carbocycles. The average molecular weight is 468 g/mol. The van der Waals surface area contributed by atoms with E-state index >= 15 is 0 Å². The van der Waals surface area contributed by atoms with Gasteiger partial charge in [-0.1, -0.05) is 35.3 Å². The summed E-state index contributed by atoms with van der Waals surface area (Å²) >= 11 is 12.7. The lowest BCUT2D eigenvalue weighted by atomic mass is 9.93. The summed E-state index contributed by atoms with van der Waals surface area (Å²) in [6.07, 6.45) is 5.07. The van der Waals surface area contributed by atoms with Crippen molar-refractivity contribution >= 4 is 52.8 Å². The molecule has 0 bridgehead atoms. The molecule has 0 spiro atoms. The third-order valence-electron chi connectivity index (χ3n) is 6.36. The second-order valence-corrected chi connectivity index (χ2v) is 9.15. The molecule has 0 radical (unpaired) electrons. The number of nitrogens with zero attached hydrogens (tertiary/aromatic N) is 2. The van der Waals surface area contributed by atoms with Gasteiger partial charge in [-0.3, -0.25) is 4.79 Å². The topological polar surface area (TPSA) is 23.6 Å². The Hall–Kier alpha value is -1.26. The summed E-state index contributed by atoms with van der Waals surface area (Å²) in [5, 5.41) is 1.54. The van der Waals surface area contributed by atoms with E-state index in [0.29, 0.717) is 5.78 Å². The molecule has 2 heterocycles. The van der Waals surface area contributed by atoms with Crippen molar-refractivity contribution in [3.8, 4) is 0 Å². The molecule has 2 aliphatic heterocycles. The zero-order chi connectivity index (χ0) is 20.4. The van der Waals surface area contributed by atoms with Gasteiger partial charge < -0.3 is 9.80 Å². The third-order valence-corrected chi connectivity index (χ3v) is 6.83. The first-order valence-corrected chi connectivity index (χ1v) is 11.3. The minimum atomic E-state index is 0. The number of ketones is 1. The van der Waals surface area contributed by atoms with Crippen molar-refractivity contribution in [1.29, 1.82) is 0 Å². The zero-order valence-electron chi connectivity index (χ0n) is 17.4. The van der Waals surface area contributed by atoms with Crippen LogP contribution in [-0.4, -0.2) is 36.9 Å². The number of carbonyl (C=O) groups excluding carboxylic acids is 1. The highest BCUT2D eigenvalue weighted by atomic mass is 35.5. The maximum atomic E-state index is 11.6. The van der Waals surface area contributed by atoms with E-state index in [0.717, 1.165) is 68.3 Å². The summed E-state index contributed by atoms with van der Waals surface area (Å²) in [5.74, 6) is 0.607. The maximum absolute atomic E-state index is 11.6. The number of Topliss-reactive ketones (excluding diaryl/α,β-unsaturated/α-hetero) is 1. The molecule has 0 amide bonds. The molecule has 0 saturated carbocycles. The van der Waals surface area contributed by atoms with Crippen molar-refractivity contribution in [2.45, 2.75) is 39.0 Å². The van der Waals surface area contributed by atoms with E-state index in [9.17, 15) is 4.79 Å². The normalized spacial score (nSPS) is 17.0. The fraction of sp³-hybridized carbons (Fsp3) is 0.458. The van der Waals surface area contributed by atoms with Gasteiger partial charge in [0.05, 0.1) is 0 Å². The fourth-order valence-electron chi connectivity index (χ4n) is 4.65. The zero-order valence-corrected chi connectivity index (χ0v) is 19.7. The second kappa shape index (κ2) is 10.4. The van der Waals surface area contributed by atoms with Crippen LogP contribution in [0, 0.1) is 5.92 Å². The molecule has 0 N–H and O–H groups in total. The Morgan fingerprint density at radius 2 is 1.47 bits per heavy atom. The molecule has 1 saturated heterocycles. The van der Waals surface area contributed by atoms with E-state index < -0.39 is 0 Å². The van der Waals surface area contributed by atoms with Crippen molar-refractivity contribution in [1.82, 2.24) is 4.90 Å². The fourth-order valence-corrected chi connectivity index (χ4v) is 4.99. The Morgan fingerprint density at radius 1 is 0.933 bits per heavy atom. The number of anilines is 2. The molecule has 6 heteroatoms. The predicted molar refractivity (Wildman–Crippen MR) is 129 cm³/mol. The van der Waals surface area contributed by atoms with Crippen LogP contribution >= 0.6 is 35.6 Å². The lowest BCUT2D eigenvalue weighted by Gasteiger charge is -2.32. The molecular formula is C24H29Cl3N2O. The van der Waals surface area contributed by atoms with Gasteiger partial charge in [-0.15, -0.1) is 12.4 Å². The van der Waals surface area contributed by atoms with E-state index in [1.165, 1.54) is 22.5 Å². The van der Waals surface area contributed by atoms with E-state index in [1.807, 2.05) is 12.1 Å². The number of likely N-dealkylation sites (tertiary alicyclic amines) is 1. The quantitative estimate of drug-likeness (QED) is 0.512. The van der Waals surface area contributed by atoms with Crippen LogP contribution in [0.15, 0.2) is 36.4 Å². The molecule has 162 valence electrons. The van der Waals surface area contributed by atoms with Crippen LogP contribution in [0.2, 0.25) is 10.0 Å². The van der Waals surface area contributed by atoms with Crippen LogP contribution in [0.5, 0.6) is 0 Å². The average Bonchev–Trinajstić information content (AvgIpc) is 2.85. The van der Waals surface area contributed by atoms with Gasteiger partial charge in [-0.05, 0) is 94.1 Å². The Morgan fingerprint density at radius 3 is 1.97 bits per heavy atom. The van der Waals surface area contributed by atoms with Gasteiger partial charge in [0.25, 0.3) is 0 Å². The smallest absolute Gasteiger partial charge is 0.133 e. The van der Waals surface area contributed by atoms with Crippen molar-refractivity contribution in [2.75, 3.05) is 31.1 Å². The van der Waals surface area contributed by atoms with Crippen molar-refractivity contribution < 1.29 is 4.79 Å². The van der Waals surface area contributed by atoms with E-state index in [2.05, 4.69) is 34.1 Å². The van der Waals surface area contributed by atoms with Gasteiger partial charge in [0.2, 0.25) is 0 Å². The molecular weight excluding hydrogens is 439 g/mol. The molecule has 0 aromatic heterocycles. The van der Waals surface area contributed by atoms with Gasteiger partial charge in [0.15, 0.2) is 0 Å². The number of fused-ring (bicyclic) bond motifs is 2. The SMILES string of the molecule is CC(=O)C1CCN(CCCN2c3cc(Cl)ccc3CCc3ccc(Cl)cc32)CC1.Cl. The van der Waals surface area contributed by atoms with Gasteiger partial charge in [0, 0.05) is 33.9 Å². The van der Waals surface area contributed by atoms with Crippen LogP contribution in [0.1, 0.15) is 37.3 Å². The number of hydrogen-bond donors (Lipinski definition) is 0. The lowest BCUT2D eigenvalue weighted by Crippen LogP contribution is -2.37. The highest BCUT2D eigenvalue weighted by Crippen LogP contribution is 2.38. The van der Waals surface area contributed by atoms with Crippen molar-refractivity contribution in [3.63, 3.8) is 0 Å². The Balaban J connectivity index is 0.00000256. The first-order chi connectivity index (χ1) is 14.0. The summed E-state index contributed by atoms with van der Waals surface area (Å²) in [7, 11) is 0. The Labute approximate surface area is 195 Å². The Kier molecular flexibility index (Phi) is 8.09. The minimum Gasteiger partial charge on any atom is -0.341 e. The highest BCUT2D eigenvalue weighted by molar-refractivity contribution is 6.31. The van der Waals surface area contributed by atoms with Crippen LogP contribution in [0.25, 0.3) is 0 Å². The van der Waals surface area contributed by atoms with E-state index in [-0.39, 0.29) is 18.3 Å². The largest absolute Gasteiger partial charge is 0.341 e. The van der Waals surface area contributed by atoms with Gasteiger partial charge in [-0.25, -0.2) is 0 Å². The molecule has 0 aliphatic carbocycles. The highest BCUT2D eigenvalue weighted by Gasteiger charge is 2.24. The van der Waals surface area contributed by atoms with E-state index in [4.69, 9.17) is 23.2 Å². The summed E-state index contributed by atoms with van der Waals surface area (Å²) in [6, 6.07) is 12.5. The second-order valence-electron chi connectivity index (χ2n) is 8.28. The summed E-state index contributed by atoms with van der Waals surface area (Å²) < 4.78 is 0. The molecule has 2 aromatic rings. The van der Waals surface area contributed by atoms with E-state index in [1.54, 1.807) is 6.92 Å². The minimum absolute atomic E-state index is 0. The molecule has 3 nitrogen and oxygen atoms in total. The third kappa shape index (κ3) is 5.31. The van der Waals surface area contributed by atoms with Gasteiger partial charge in [0.1, 0.15) is 5.78 Å². The molecule has 0 unspecified atom stereocenters. The molecule has 4 rings (SSSR count). The number of aryl methyl sites for hydroxylation is 2. The standard InChI is InChI=1S/C24H28Cl2N2O.ClH/c1-17(29)18-9-13-27(14-10-18)11-2-12-28-23-15-21(25)7-5-19(23)3-4-20-6-8-22(26)16-24(20)28;/h5-8,15-16,18H,2-4,9-14H2,1H3;1H. The first-order valence-electron chi connectivity index (χ1n) is 10.6. The number of benzene rings is 2. The Bertz CT molecular complexity index is 841.